The van der Waals surface area contributed by atoms with Gasteiger partial charge in [-0.2, -0.15) is 0 Å². The standard InChI is InChI=1S/C14H19FN2O/c15-13-1-3-14(4-2-13)18-6-5-17-9-11-7-16-8-12(11)10-17/h1-4,11-12,16H,5-10H2. The van der Waals surface area contributed by atoms with E-state index in [0.29, 0.717) is 6.61 Å². The molecule has 2 aliphatic rings. The number of likely N-dealkylation sites (tertiary alicyclic amines) is 1. The number of nitrogens with one attached hydrogen (secondary N) is 1. The van der Waals surface area contributed by atoms with Gasteiger partial charge in [0.05, 0.1) is 0 Å². The van der Waals surface area contributed by atoms with E-state index >= 15 is 0 Å². The number of ether oxygens (including phenoxy) is 1. The van der Waals surface area contributed by atoms with Crippen molar-refractivity contribution in [2.24, 2.45) is 11.8 Å². The second-order valence-corrected chi connectivity index (χ2v) is 5.24. The molecular weight excluding hydrogens is 231 g/mol. The third-order valence-electron chi connectivity index (χ3n) is 3.96. The van der Waals surface area contributed by atoms with Gasteiger partial charge in [-0.05, 0) is 49.2 Å². The summed E-state index contributed by atoms with van der Waals surface area (Å²) in [6.07, 6.45) is 0. The molecular formula is C14H19FN2O. The van der Waals surface area contributed by atoms with Crippen LogP contribution in [0.5, 0.6) is 5.75 Å². The minimum absolute atomic E-state index is 0.220. The van der Waals surface area contributed by atoms with Gasteiger partial charge in [0.1, 0.15) is 18.2 Å². The maximum absolute atomic E-state index is 12.7. The Morgan fingerprint density at radius 3 is 2.50 bits per heavy atom. The van der Waals surface area contributed by atoms with Gasteiger partial charge in [-0.3, -0.25) is 4.90 Å². The first kappa shape index (κ1) is 11.9. The maximum Gasteiger partial charge on any atom is 0.123 e. The van der Waals surface area contributed by atoms with E-state index in [2.05, 4.69) is 10.2 Å². The molecule has 98 valence electrons. The molecule has 1 aromatic rings. The van der Waals surface area contributed by atoms with Crippen molar-refractivity contribution < 1.29 is 9.13 Å². The molecule has 1 N–H and O–H groups in total. The predicted molar refractivity (Wildman–Crippen MR) is 68.2 cm³/mol. The molecule has 0 spiro atoms. The largest absolute Gasteiger partial charge is 0.492 e. The topological polar surface area (TPSA) is 24.5 Å². The molecule has 3 rings (SSSR count). The zero-order valence-electron chi connectivity index (χ0n) is 10.4. The van der Waals surface area contributed by atoms with Crippen LogP contribution in [0.3, 0.4) is 0 Å². The Bertz CT molecular complexity index is 383. The molecule has 2 atom stereocenters. The van der Waals surface area contributed by atoms with Crippen LogP contribution in [-0.4, -0.2) is 44.2 Å². The lowest BCUT2D eigenvalue weighted by Crippen LogP contribution is -2.29. The molecule has 0 bridgehead atoms. The number of fused-ring (bicyclic) bond motifs is 1. The van der Waals surface area contributed by atoms with Crippen LogP contribution in [0.2, 0.25) is 0 Å². The molecule has 0 saturated carbocycles. The Balaban J connectivity index is 1.41. The molecule has 0 aromatic heterocycles. The monoisotopic (exact) mass is 250 g/mol. The van der Waals surface area contributed by atoms with Crippen molar-refractivity contribution in [1.29, 1.82) is 0 Å². The van der Waals surface area contributed by atoms with Crippen LogP contribution in [0, 0.1) is 17.7 Å². The molecule has 0 radical (unpaired) electrons. The number of halogens is 1. The van der Waals surface area contributed by atoms with E-state index in [9.17, 15) is 4.39 Å². The van der Waals surface area contributed by atoms with Gasteiger partial charge in [-0.25, -0.2) is 4.39 Å². The third kappa shape index (κ3) is 2.65. The highest BCUT2D eigenvalue weighted by Crippen LogP contribution is 2.25. The van der Waals surface area contributed by atoms with Crippen molar-refractivity contribution in [1.82, 2.24) is 10.2 Å². The van der Waals surface area contributed by atoms with E-state index in [1.165, 1.54) is 38.3 Å². The Kier molecular flexibility index (Phi) is 3.48. The zero-order chi connectivity index (χ0) is 12.4. The van der Waals surface area contributed by atoms with E-state index in [-0.39, 0.29) is 5.82 Å². The van der Waals surface area contributed by atoms with E-state index in [1.807, 2.05) is 0 Å². The second-order valence-electron chi connectivity index (χ2n) is 5.24. The van der Waals surface area contributed by atoms with Gasteiger partial charge in [-0.1, -0.05) is 0 Å². The summed E-state index contributed by atoms with van der Waals surface area (Å²) in [5, 5.41) is 3.44. The van der Waals surface area contributed by atoms with Crippen LogP contribution in [0.4, 0.5) is 4.39 Å². The average Bonchev–Trinajstić information content (AvgIpc) is 2.92. The van der Waals surface area contributed by atoms with Crippen LogP contribution >= 0.6 is 0 Å². The van der Waals surface area contributed by atoms with Crippen LogP contribution in [0.15, 0.2) is 24.3 Å². The van der Waals surface area contributed by atoms with E-state index < -0.39 is 0 Å². The lowest BCUT2D eigenvalue weighted by Gasteiger charge is -2.17. The summed E-state index contributed by atoms with van der Waals surface area (Å²) in [5.41, 5.74) is 0. The van der Waals surface area contributed by atoms with Crippen LogP contribution in [0.25, 0.3) is 0 Å². The lowest BCUT2D eigenvalue weighted by molar-refractivity contribution is 0.228. The lowest BCUT2D eigenvalue weighted by atomic mass is 10.0. The molecule has 4 heteroatoms. The summed E-state index contributed by atoms with van der Waals surface area (Å²) >= 11 is 0. The van der Waals surface area contributed by atoms with Crippen molar-refractivity contribution in [3.05, 3.63) is 30.1 Å². The van der Waals surface area contributed by atoms with Gasteiger partial charge in [0.15, 0.2) is 0 Å². The van der Waals surface area contributed by atoms with Crippen molar-refractivity contribution in [3.63, 3.8) is 0 Å². The normalized spacial score (nSPS) is 27.4. The van der Waals surface area contributed by atoms with Gasteiger partial charge in [0.25, 0.3) is 0 Å². The molecule has 2 unspecified atom stereocenters. The number of hydrogen-bond donors (Lipinski definition) is 1. The number of nitrogens with zero attached hydrogens (tertiary/aromatic N) is 1. The highest BCUT2D eigenvalue weighted by atomic mass is 19.1. The Morgan fingerprint density at radius 2 is 1.83 bits per heavy atom. The summed E-state index contributed by atoms with van der Waals surface area (Å²) in [5.74, 6) is 2.19. The van der Waals surface area contributed by atoms with E-state index in [1.54, 1.807) is 12.1 Å². The minimum atomic E-state index is -0.220. The fourth-order valence-corrected chi connectivity index (χ4v) is 2.96. The van der Waals surface area contributed by atoms with Gasteiger partial charge < -0.3 is 10.1 Å². The first-order valence-electron chi connectivity index (χ1n) is 6.63. The molecule has 0 aliphatic carbocycles. The predicted octanol–water partition coefficient (Wildman–Crippen LogP) is 1.36. The summed E-state index contributed by atoms with van der Waals surface area (Å²) in [7, 11) is 0. The smallest absolute Gasteiger partial charge is 0.123 e. The SMILES string of the molecule is Fc1ccc(OCCN2CC3CNCC3C2)cc1. The quantitative estimate of drug-likeness (QED) is 0.873. The fraction of sp³-hybridized carbons (Fsp3) is 0.571. The molecule has 2 saturated heterocycles. The zero-order valence-corrected chi connectivity index (χ0v) is 10.4. The van der Waals surface area contributed by atoms with Gasteiger partial charge in [0, 0.05) is 19.6 Å². The van der Waals surface area contributed by atoms with Crippen molar-refractivity contribution in [3.8, 4) is 5.75 Å². The summed E-state index contributed by atoms with van der Waals surface area (Å²) in [6, 6.07) is 6.22. The molecule has 18 heavy (non-hydrogen) atoms. The minimum Gasteiger partial charge on any atom is -0.492 e. The van der Waals surface area contributed by atoms with Crippen molar-refractivity contribution >= 4 is 0 Å². The van der Waals surface area contributed by atoms with Gasteiger partial charge in [-0.15, -0.1) is 0 Å². The first-order chi connectivity index (χ1) is 8.81. The first-order valence-corrected chi connectivity index (χ1v) is 6.63. The molecule has 2 fully saturated rings. The molecule has 2 heterocycles. The van der Waals surface area contributed by atoms with Crippen LogP contribution in [0.1, 0.15) is 0 Å². The Labute approximate surface area is 107 Å². The second kappa shape index (κ2) is 5.24. The number of rotatable bonds is 4. The summed E-state index contributed by atoms with van der Waals surface area (Å²) in [4.78, 5) is 2.47. The Morgan fingerprint density at radius 1 is 1.17 bits per heavy atom. The number of benzene rings is 1. The summed E-state index contributed by atoms with van der Waals surface area (Å²) < 4.78 is 18.3. The maximum atomic E-state index is 12.7. The van der Waals surface area contributed by atoms with E-state index in [4.69, 9.17) is 4.74 Å². The highest BCUT2D eigenvalue weighted by molar-refractivity contribution is 5.21. The molecule has 1 aromatic carbocycles. The molecule has 2 aliphatic heterocycles. The highest BCUT2D eigenvalue weighted by Gasteiger charge is 2.35. The average molecular weight is 250 g/mol. The van der Waals surface area contributed by atoms with Crippen molar-refractivity contribution in [2.45, 2.75) is 0 Å². The number of hydrogen-bond acceptors (Lipinski definition) is 3. The summed E-state index contributed by atoms with van der Waals surface area (Å²) in [6.45, 7) is 6.34. The van der Waals surface area contributed by atoms with Crippen molar-refractivity contribution in [2.75, 3.05) is 39.3 Å². The van der Waals surface area contributed by atoms with Crippen LogP contribution in [-0.2, 0) is 0 Å². The molecule has 3 nitrogen and oxygen atoms in total. The Hall–Kier alpha value is -1.13. The van der Waals surface area contributed by atoms with Gasteiger partial charge >= 0.3 is 0 Å². The van der Waals surface area contributed by atoms with E-state index in [0.717, 1.165) is 24.1 Å². The van der Waals surface area contributed by atoms with Crippen LogP contribution < -0.4 is 10.1 Å². The fourth-order valence-electron chi connectivity index (χ4n) is 2.96. The van der Waals surface area contributed by atoms with Gasteiger partial charge in [0.2, 0.25) is 0 Å². The third-order valence-corrected chi connectivity index (χ3v) is 3.96. The molecule has 0 amide bonds.